The lowest BCUT2D eigenvalue weighted by Crippen LogP contribution is -2.01. The minimum atomic E-state index is 0.385. The van der Waals surface area contributed by atoms with Gasteiger partial charge in [0.05, 0.1) is 12.1 Å². The first-order valence-electron chi connectivity index (χ1n) is 3.84. The molecule has 3 heteroatoms. The van der Waals surface area contributed by atoms with Crippen molar-refractivity contribution in [2.45, 2.75) is 0 Å². The average molecular weight is 193 g/mol. The Hall–Kier alpha value is -1.35. The van der Waals surface area contributed by atoms with Gasteiger partial charge in [0.15, 0.2) is 0 Å². The van der Waals surface area contributed by atoms with Gasteiger partial charge in [0, 0.05) is 0 Å². The number of methoxy groups -OCH3 is 1. The monoisotopic (exact) mass is 193 g/mol. The van der Waals surface area contributed by atoms with Crippen molar-refractivity contribution in [3.8, 4) is 5.75 Å². The standard InChI is InChI=1S/C10H11NOS/c1-12-9-5-2-8(3-6-9)4-7-10(11)13/h2-7H,1H3,(H2,11,13)/b7-4+. The summed E-state index contributed by atoms with van der Waals surface area (Å²) in [6.07, 6.45) is 3.55. The summed E-state index contributed by atoms with van der Waals surface area (Å²) in [7, 11) is 1.64. The lowest BCUT2D eigenvalue weighted by Gasteiger charge is -1.98. The molecule has 0 saturated carbocycles. The van der Waals surface area contributed by atoms with E-state index in [9.17, 15) is 0 Å². The average Bonchev–Trinajstić information content (AvgIpc) is 2.15. The molecule has 68 valence electrons. The van der Waals surface area contributed by atoms with Crippen LogP contribution in [-0.2, 0) is 0 Å². The molecule has 0 aliphatic heterocycles. The molecule has 0 amide bonds. The van der Waals surface area contributed by atoms with Crippen molar-refractivity contribution >= 4 is 23.3 Å². The number of benzene rings is 1. The number of thiocarbonyl (C=S) groups is 1. The number of hydrogen-bond donors (Lipinski definition) is 1. The first-order valence-corrected chi connectivity index (χ1v) is 4.25. The number of hydrogen-bond acceptors (Lipinski definition) is 2. The highest BCUT2D eigenvalue weighted by Gasteiger charge is 1.89. The van der Waals surface area contributed by atoms with E-state index >= 15 is 0 Å². The Balaban J connectivity index is 2.75. The lowest BCUT2D eigenvalue weighted by atomic mass is 10.2. The molecule has 0 radical (unpaired) electrons. The zero-order chi connectivity index (χ0) is 9.68. The Kier molecular flexibility index (Phi) is 3.46. The Labute approximate surface area is 83.0 Å². The van der Waals surface area contributed by atoms with Gasteiger partial charge in [-0.3, -0.25) is 0 Å². The van der Waals surface area contributed by atoms with Crippen LogP contribution >= 0.6 is 12.2 Å². The van der Waals surface area contributed by atoms with Gasteiger partial charge in [0.2, 0.25) is 0 Å². The van der Waals surface area contributed by atoms with Crippen LogP contribution in [0.3, 0.4) is 0 Å². The van der Waals surface area contributed by atoms with E-state index in [-0.39, 0.29) is 0 Å². The Morgan fingerprint density at radius 2 is 2.00 bits per heavy atom. The van der Waals surface area contributed by atoms with Gasteiger partial charge in [-0.2, -0.15) is 0 Å². The minimum absolute atomic E-state index is 0.385. The Bertz CT molecular complexity index is 316. The third-order valence-electron chi connectivity index (χ3n) is 1.56. The molecule has 13 heavy (non-hydrogen) atoms. The third-order valence-corrected chi connectivity index (χ3v) is 1.69. The van der Waals surface area contributed by atoms with Crippen molar-refractivity contribution in [1.82, 2.24) is 0 Å². The van der Waals surface area contributed by atoms with Gasteiger partial charge < -0.3 is 10.5 Å². The van der Waals surface area contributed by atoms with E-state index in [2.05, 4.69) is 0 Å². The van der Waals surface area contributed by atoms with Crippen LogP contribution in [0.25, 0.3) is 6.08 Å². The molecule has 2 nitrogen and oxygen atoms in total. The van der Waals surface area contributed by atoms with E-state index in [0.717, 1.165) is 11.3 Å². The molecule has 0 spiro atoms. The third kappa shape index (κ3) is 3.25. The molecular weight excluding hydrogens is 182 g/mol. The van der Waals surface area contributed by atoms with Gasteiger partial charge >= 0.3 is 0 Å². The van der Waals surface area contributed by atoms with Gasteiger partial charge in [-0.15, -0.1) is 0 Å². The zero-order valence-corrected chi connectivity index (χ0v) is 8.17. The smallest absolute Gasteiger partial charge is 0.118 e. The largest absolute Gasteiger partial charge is 0.497 e. The predicted octanol–water partition coefficient (Wildman–Crippen LogP) is 1.99. The fraction of sp³-hybridized carbons (Fsp3) is 0.100. The number of nitrogens with two attached hydrogens (primary N) is 1. The molecule has 0 bridgehead atoms. The predicted molar refractivity (Wildman–Crippen MR) is 58.8 cm³/mol. The maximum atomic E-state index is 5.32. The maximum Gasteiger partial charge on any atom is 0.118 e. The fourth-order valence-electron chi connectivity index (χ4n) is 0.893. The summed E-state index contributed by atoms with van der Waals surface area (Å²) in [6.45, 7) is 0. The second kappa shape index (κ2) is 4.62. The van der Waals surface area contributed by atoms with E-state index in [4.69, 9.17) is 22.7 Å². The van der Waals surface area contributed by atoms with Gasteiger partial charge in [0.1, 0.15) is 5.75 Å². The summed E-state index contributed by atoms with van der Waals surface area (Å²) in [5.74, 6) is 0.840. The van der Waals surface area contributed by atoms with E-state index in [0.29, 0.717) is 4.99 Å². The molecule has 0 atom stereocenters. The molecule has 2 N–H and O–H groups in total. The van der Waals surface area contributed by atoms with Gasteiger partial charge in [-0.1, -0.05) is 30.4 Å². The number of ether oxygens (including phenoxy) is 1. The molecule has 0 aromatic heterocycles. The van der Waals surface area contributed by atoms with E-state index in [1.807, 2.05) is 30.3 Å². The summed E-state index contributed by atoms with van der Waals surface area (Å²) >= 11 is 4.71. The molecule has 1 rings (SSSR count). The highest BCUT2D eigenvalue weighted by atomic mass is 32.1. The summed E-state index contributed by atoms with van der Waals surface area (Å²) in [5.41, 5.74) is 6.37. The molecule has 0 heterocycles. The minimum Gasteiger partial charge on any atom is -0.497 e. The van der Waals surface area contributed by atoms with E-state index in [1.54, 1.807) is 13.2 Å². The van der Waals surface area contributed by atoms with E-state index in [1.165, 1.54) is 0 Å². The van der Waals surface area contributed by atoms with Crippen molar-refractivity contribution in [3.63, 3.8) is 0 Å². The van der Waals surface area contributed by atoms with Gasteiger partial charge in [-0.05, 0) is 23.8 Å². The second-order valence-electron chi connectivity index (χ2n) is 2.51. The zero-order valence-electron chi connectivity index (χ0n) is 7.36. The molecule has 0 aliphatic rings. The quantitative estimate of drug-likeness (QED) is 0.589. The van der Waals surface area contributed by atoms with E-state index < -0.39 is 0 Å². The van der Waals surface area contributed by atoms with Crippen LogP contribution in [0.5, 0.6) is 5.75 Å². The second-order valence-corrected chi connectivity index (χ2v) is 2.98. The summed E-state index contributed by atoms with van der Waals surface area (Å²) in [5, 5.41) is 0. The number of rotatable bonds is 3. The van der Waals surface area contributed by atoms with Crippen molar-refractivity contribution < 1.29 is 4.74 Å². The molecule has 0 unspecified atom stereocenters. The van der Waals surface area contributed by atoms with Crippen LogP contribution in [0.1, 0.15) is 5.56 Å². The molecule has 1 aromatic rings. The van der Waals surface area contributed by atoms with Gasteiger partial charge in [0.25, 0.3) is 0 Å². The maximum absolute atomic E-state index is 5.32. The fourth-order valence-corrected chi connectivity index (χ4v) is 0.961. The van der Waals surface area contributed by atoms with Crippen LogP contribution in [0, 0.1) is 0 Å². The normalized spacial score (nSPS) is 10.2. The van der Waals surface area contributed by atoms with Crippen LogP contribution in [0.15, 0.2) is 30.3 Å². The van der Waals surface area contributed by atoms with Crippen molar-refractivity contribution in [2.24, 2.45) is 5.73 Å². The topological polar surface area (TPSA) is 35.2 Å². The van der Waals surface area contributed by atoms with Crippen LogP contribution < -0.4 is 10.5 Å². The van der Waals surface area contributed by atoms with Crippen molar-refractivity contribution in [3.05, 3.63) is 35.9 Å². The molecular formula is C10H11NOS. The van der Waals surface area contributed by atoms with Crippen LogP contribution in [0.2, 0.25) is 0 Å². The summed E-state index contributed by atoms with van der Waals surface area (Å²) in [6, 6.07) is 7.65. The van der Waals surface area contributed by atoms with Crippen LogP contribution in [-0.4, -0.2) is 12.1 Å². The molecule has 1 aromatic carbocycles. The van der Waals surface area contributed by atoms with Crippen molar-refractivity contribution in [1.29, 1.82) is 0 Å². The summed E-state index contributed by atoms with van der Waals surface area (Å²) < 4.78 is 5.02. The highest BCUT2D eigenvalue weighted by molar-refractivity contribution is 7.80. The Morgan fingerprint density at radius 3 is 2.46 bits per heavy atom. The SMILES string of the molecule is COc1ccc(/C=C/C(N)=S)cc1. The van der Waals surface area contributed by atoms with Gasteiger partial charge in [-0.25, -0.2) is 0 Å². The summed E-state index contributed by atoms with van der Waals surface area (Å²) in [4.78, 5) is 0.385. The lowest BCUT2D eigenvalue weighted by molar-refractivity contribution is 0.415. The highest BCUT2D eigenvalue weighted by Crippen LogP contribution is 2.11. The molecule has 0 fully saturated rings. The van der Waals surface area contributed by atoms with Crippen molar-refractivity contribution in [2.75, 3.05) is 7.11 Å². The first kappa shape index (κ1) is 9.74. The molecule has 0 saturated heterocycles. The Morgan fingerprint density at radius 1 is 1.38 bits per heavy atom. The van der Waals surface area contributed by atoms with Crippen LogP contribution in [0.4, 0.5) is 0 Å². The molecule has 0 aliphatic carbocycles. The first-order chi connectivity index (χ1) is 6.22.